The van der Waals surface area contributed by atoms with Gasteiger partial charge in [-0.15, -0.1) is 0 Å². The van der Waals surface area contributed by atoms with Gasteiger partial charge in [0.1, 0.15) is 0 Å². The van der Waals surface area contributed by atoms with E-state index in [1.807, 2.05) is 20.2 Å². The first kappa shape index (κ1) is 10.4. The Morgan fingerprint density at radius 3 is 2.54 bits per heavy atom. The number of halogens is 2. The standard InChI is InChI=1S/C9H10Cl2N2/c1-13(2)12-6-7-3-4-8(10)5-9(7)11/h3-6H,1-2H3/b12-6-. The lowest BCUT2D eigenvalue weighted by Gasteiger charge is -2.03. The van der Waals surface area contributed by atoms with Crippen molar-refractivity contribution >= 4 is 29.4 Å². The van der Waals surface area contributed by atoms with Crippen LogP contribution in [-0.2, 0) is 0 Å². The predicted molar refractivity (Wildman–Crippen MR) is 57.7 cm³/mol. The normalized spacial score (nSPS) is 10.8. The number of benzene rings is 1. The largest absolute Gasteiger partial charge is 0.303 e. The summed E-state index contributed by atoms with van der Waals surface area (Å²) < 4.78 is 0. The lowest BCUT2D eigenvalue weighted by molar-refractivity contribution is 0.440. The Labute approximate surface area is 87.8 Å². The first-order chi connectivity index (χ1) is 6.09. The highest BCUT2D eigenvalue weighted by Crippen LogP contribution is 2.19. The van der Waals surface area contributed by atoms with Gasteiger partial charge in [-0.1, -0.05) is 29.3 Å². The smallest absolute Gasteiger partial charge is 0.0557 e. The van der Waals surface area contributed by atoms with Crippen molar-refractivity contribution in [3.05, 3.63) is 33.8 Å². The maximum absolute atomic E-state index is 5.92. The van der Waals surface area contributed by atoms with Crippen molar-refractivity contribution in [2.24, 2.45) is 5.10 Å². The second kappa shape index (κ2) is 4.49. The highest BCUT2D eigenvalue weighted by atomic mass is 35.5. The summed E-state index contributed by atoms with van der Waals surface area (Å²) in [5, 5.41) is 7.01. The third-order valence-corrected chi connectivity index (χ3v) is 1.95. The molecular weight excluding hydrogens is 207 g/mol. The summed E-state index contributed by atoms with van der Waals surface area (Å²) in [5.74, 6) is 0. The molecule has 0 radical (unpaired) electrons. The van der Waals surface area contributed by atoms with Crippen molar-refractivity contribution in [2.45, 2.75) is 0 Å². The van der Waals surface area contributed by atoms with E-state index in [1.54, 1.807) is 23.4 Å². The molecule has 0 aliphatic heterocycles. The minimum atomic E-state index is 0.609. The zero-order chi connectivity index (χ0) is 9.84. The highest BCUT2D eigenvalue weighted by molar-refractivity contribution is 6.36. The van der Waals surface area contributed by atoms with Crippen LogP contribution < -0.4 is 0 Å². The van der Waals surface area contributed by atoms with Gasteiger partial charge in [0.2, 0.25) is 0 Å². The molecule has 13 heavy (non-hydrogen) atoms. The number of hydrazone groups is 1. The number of rotatable bonds is 2. The zero-order valence-electron chi connectivity index (χ0n) is 7.46. The number of hydrogen-bond acceptors (Lipinski definition) is 2. The molecule has 0 unspecified atom stereocenters. The summed E-state index contributed by atoms with van der Waals surface area (Å²) in [6, 6.07) is 5.31. The Bertz CT molecular complexity index is 321. The van der Waals surface area contributed by atoms with Crippen LogP contribution in [0, 0.1) is 0 Å². The van der Waals surface area contributed by atoms with Crippen LogP contribution in [0.2, 0.25) is 10.0 Å². The molecule has 0 atom stereocenters. The molecule has 4 heteroatoms. The molecule has 70 valence electrons. The fraction of sp³-hybridized carbons (Fsp3) is 0.222. The lowest BCUT2D eigenvalue weighted by Crippen LogP contribution is -2.01. The van der Waals surface area contributed by atoms with Crippen molar-refractivity contribution in [1.82, 2.24) is 5.01 Å². The van der Waals surface area contributed by atoms with Crippen LogP contribution in [0.15, 0.2) is 23.3 Å². The second-order valence-electron chi connectivity index (χ2n) is 2.76. The van der Waals surface area contributed by atoms with Crippen LogP contribution >= 0.6 is 23.2 Å². The summed E-state index contributed by atoms with van der Waals surface area (Å²) in [7, 11) is 3.70. The molecule has 0 bridgehead atoms. The van der Waals surface area contributed by atoms with Gasteiger partial charge >= 0.3 is 0 Å². The Morgan fingerprint density at radius 2 is 2.00 bits per heavy atom. The SMILES string of the molecule is CN(C)/N=C\c1ccc(Cl)cc1Cl. The molecule has 0 aliphatic carbocycles. The van der Waals surface area contributed by atoms with E-state index in [9.17, 15) is 0 Å². The molecule has 0 fully saturated rings. The van der Waals surface area contributed by atoms with E-state index in [-0.39, 0.29) is 0 Å². The number of hydrogen-bond donors (Lipinski definition) is 0. The topological polar surface area (TPSA) is 15.6 Å². The molecule has 1 aromatic carbocycles. The van der Waals surface area contributed by atoms with Crippen LogP contribution in [0.1, 0.15) is 5.56 Å². The van der Waals surface area contributed by atoms with Crippen molar-refractivity contribution < 1.29 is 0 Å². The molecule has 0 spiro atoms. The monoisotopic (exact) mass is 216 g/mol. The van der Waals surface area contributed by atoms with Gasteiger partial charge < -0.3 is 5.01 Å². The first-order valence-corrected chi connectivity index (χ1v) is 4.51. The molecule has 0 saturated heterocycles. The van der Waals surface area contributed by atoms with Crippen LogP contribution in [0.4, 0.5) is 0 Å². The summed E-state index contributed by atoms with van der Waals surface area (Å²) in [6.45, 7) is 0. The molecule has 0 saturated carbocycles. The average molecular weight is 217 g/mol. The van der Waals surface area contributed by atoms with Gasteiger partial charge in [-0.25, -0.2) is 0 Å². The molecule has 0 aromatic heterocycles. The predicted octanol–water partition coefficient (Wildman–Crippen LogP) is 2.89. The van der Waals surface area contributed by atoms with Gasteiger partial charge in [-0.05, 0) is 12.1 Å². The maximum Gasteiger partial charge on any atom is 0.0557 e. The average Bonchev–Trinajstić information content (AvgIpc) is 2.02. The van der Waals surface area contributed by atoms with E-state index >= 15 is 0 Å². The molecule has 0 aliphatic rings. The molecule has 1 aromatic rings. The fourth-order valence-corrected chi connectivity index (χ4v) is 1.24. The molecule has 1 rings (SSSR count). The number of nitrogens with zero attached hydrogens (tertiary/aromatic N) is 2. The maximum atomic E-state index is 5.92. The zero-order valence-corrected chi connectivity index (χ0v) is 8.97. The van der Waals surface area contributed by atoms with Gasteiger partial charge in [0, 0.05) is 24.7 Å². The van der Waals surface area contributed by atoms with Crippen LogP contribution in [0.25, 0.3) is 0 Å². The van der Waals surface area contributed by atoms with Gasteiger partial charge in [-0.2, -0.15) is 5.10 Å². The minimum Gasteiger partial charge on any atom is -0.303 e. The third kappa shape index (κ3) is 3.25. The van der Waals surface area contributed by atoms with Crippen LogP contribution in [0.5, 0.6) is 0 Å². The summed E-state index contributed by atoms with van der Waals surface area (Å²) in [4.78, 5) is 0. The quantitative estimate of drug-likeness (QED) is 0.549. The van der Waals surface area contributed by atoms with Crippen LogP contribution in [0.3, 0.4) is 0 Å². The van der Waals surface area contributed by atoms with Gasteiger partial charge in [0.15, 0.2) is 0 Å². The molecule has 0 N–H and O–H groups in total. The van der Waals surface area contributed by atoms with Crippen LogP contribution in [-0.4, -0.2) is 25.3 Å². The molecular formula is C9H10Cl2N2. The summed E-state index contributed by atoms with van der Waals surface area (Å²) in [6.07, 6.45) is 1.69. The summed E-state index contributed by atoms with van der Waals surface area (Å²) in [5.41, 5.74) is 0.861. The van der Waals surface area contributed by atoms with Crippen molar-refractivity contribution in [3.8, 4) is 0 Å². The van der Waals surface area contributed by atoms with E-state index in [0.29, 0.717) is 10.0 Å². The molecule has 0 heterocycles. The lowest BCUT2D eigenvalue weighted by atomic mass is 10.2. The molecule has 2 nitrogen and oxygen atoms in total. The summed E-state index contributed by atoms with van der Waals surface area (Å²) >= 11 is 11.7. The van der Waals surface area contributed by atoms with E-state index < -0.39 is 0 Å². The van der Waals surface area contributed by atoms with E-state index in [4.69, 9.17) is 23.2 Å². The Morgan fingerprint density at radius 1 is 1.31 bits per heavy atom. The van der Waals surface area contributed by atoms with E-state index in [1.165, 1.54) is 0 Å². The van der Waals surface area contributed by atoms with Gasteiger partial charge in [-0.3, -0.25) is 0 Å². The highest BCUT2D eigenvalue weighted by Gasteiger charge is 1.97. The first-order valence-electron chi connectivity index (χ1n) is 3.76. The van der Waals surface area contributed by atoms with E-state index in [0.717, 1.165) is 5.56 Å². The fourth-order valence-electron chi connectivity index (χ4n) is 0.784. The van der Waals surface area contributed by atoms with Gasteiger partial charge in [0.05, 0.1) is 11.2 Å². The molecule has 0 amide bonds. The van der Waals surface area contributed by atoms with Crippen molar-refractivity contribution in [3.63, 3.8) is 0 Å². The van der Waals surface area contributed by atoms with E-state index in [2.05, 4.69) is 5.10 Å². The van der Waals surface area contributed by atoms with Crippen molar-refractivity contribution in [1.29, 1.82) is 0 Å². The van der Waals surface area contributed by atoms with Crippen molar-refractivity contribution in [2.75, 3.05) is 14.1 Å². The Balaban J connectivity index is 2.90. The Kier molecular flexibility index (Phi) is 3.58. The third-order valence-electron chi connectivity index (χ3n) is 1.39. The second-order valence-corrected chi connectivity index (χ2v) is 3.60. The minimum absolute atomic E-state index is 0.609. The Hall–Kier alpha value is -0.730. The van der Waals surface area contributed by atoms with Gasteiger partial charge in [0.25, 0.3) is 0 Å².